The summed E-state index contributed by atoms with van der Waals surface area (Å²) >= 11 is 0. The number of aromatic nitrogens is 1. The van der Waals surface area contributed by atoms with E-state index in [1.165, 1.54) is 24.3 Å². The SMILES string of the molecule is C[C@@H](NC(=O)c1ccc([N+](=O)[O-])cc1)c1ccccn1. The molecule has 0 radical (unpaired) electrons. The van der Waals surface area contributed by atoms with Gasteiger partial charge in [-0.2, -0.15) is 0 Å². The largest absolute Gasteiger partial charge is 0.344 e. The smallest absolute Gasteiger partial charge is 0.269 e. The molecule has 0 bridgehead atoms. The number of hydrogen-bond donors (Lipinski definition) is 1. The molecule has 6 nitrogen and oxygen atoms in total. The van der Waals surface area contributed by atoms with Crippen molar-refractivity contribution in [1.29, 1.82) is 0 Å². The molecule has 1 heterocycles. The van der Waals surface area contributed by atoms with Gasteiger partial charge in [-0.3, -0.25) is 19.9 Å². The standard InChI is InChI=1S/C14H13N3O3/c1-10(13-4-2-3-9-15-13)16-14(18)11-5-7-12(8-6-11)17(19)20/h2-10H,1H3,(H,16,18)/t10-/m1/s1. The fourth-order valence-corrected chi connectivity index (χ4v) is 1.72. The van der Waals surface area contributed by atoms with Crippen molar-refractivity contribution in [2.45, 2.75) is 13.0 Å². The zero-order chi connectivity index (χ0) is 14.5. The fraction of sp³-hybridized carbons (Fsp3) is 0.143. The fourth-order valence-electron chi connectivity index (χ4n) is 1.72. The second kappa shape index (κ2) is 5.92. The molecule has 0 fully saturated rings. The van der Waals surface area contributed by atoms with Crippen molar-refractivity contribution in [1.82, 2.24) is 10.3 Å². The molecule has 0 aliphatic carbocycles. The monoisotopic (exact) mass is 271 g/mol. The number of carbonyl (C=O) groups is 1. The van der Waals surface area contributed by atoms with Crippen LogP contribution in [0.4, 0.5) is 5.69 Å². The molecule has 1 aromatic carbocycles. The van der Waals surface area contributed by atoms with E-state index in [2.05, 4.69) is 10.3 Å². The summed E-state index contributed by atoms with van der Waals surface area (Å²) in [7, 11) is 0. The minimum absolute atomic E-state index is 0.0423. The van der Waals surface area contributed by atoms with Crippen molar-refractivity contribution in [3.8, 4) is 0 Å². The predicted molar refractivity (Wildman–Crippen MR) is 73.2 cm³/mol. The van der Waals surface area contributed by atoms with E-state index < -0.39 is 4.92 Å². The number of nitrogens with one attached hydrogen (secondary N) is 1. The first kappa shape index (κ1) is 13.7. The number of pyridine rings is 1. The molecule has 102 valence electrons. The van der Waals surface area contributed by atoms with E-state index >= 15 is 0 Å². The molecule has 0 spiro atoms. The number of nitro groups is 1. The van der Waals surface area contributed by atoms with Crippen LogP contribution in [0.1, 0.15) is 29.0 Å². The van der Waals surface area contributed by atoms with Gasteiger partial charge in [-0.15, -0.1) is 0 Å². The minimum atomic E-state index is -0.502. The van der Waals surface area contributed by atoms with Gasteiger partial charge in [0.25, 0.3) is 11.6 Å². The Morgan fingerprint density at radius 3 is 2.50 bits per heavy atom. The quantitative estimate of drug-likeness (QED) is 0.683. The third kappa shape index (κ3) is 3.17. The normalized spacial score (nSPS) is 11.7. The van der Waals surface area contributed by atoms with Crippen molar-refractivity contribution >= 4 is 11.6 Å². The first-order chi connectivity index (χ1) is 9.58. The second-order valence-electron chi connectivity index (χ2n) is 4.25. The Morgan fingerprint density at radius 1 is 1.25 bits per heavy atom. The summed E-state index contributed by atoms with van der Waals surface area (Å²) in [5, 5.41) is 13.3. The summed E-state index contributed by atoms with van der Waals surface area (Å²) in [5.41, 5.74) is 1.08. The molecular weight excluding hydrogens is 258 g/mol. The summed E-state index contributed by atoms with van der Waals surface area (Å²) < 4.78 is 0. The van der Waals surface area contributed by atoms with Crippen LogP contribution in [0.15, 0.2) is 48.7 Å². The van der Waals surface area contributed by atoms with E-state index in [9.17, 15) is 14.9 Å². The van der Waals surface area contributed by atoms with Crippen LogP contribution >= 0.6 is 0 Å². The van der Waals surface area contributed by atoms with Gasteiger partial charge in [0, 0.05) is 23.9 Å². The van der Waals surface area contributed by atoms with Crippen molar-refractivity contribution < 1.29 is 9.72 Å². The Kier molecular flexibility index (Phi) is 4.05. The highest BCUT2D eigenvalue weighted by molar-refractivity contribution is 5.94. The van der Waals surface area contributed by atoms with Gasteiger partial charge in [0.1, 0.15) is 0 Å². The van der Waals surface area contributed by atoms with Gasteiger partial charge in [-0.05, 0) is 31.2 Å². The lowest BCUT2D eigenvalue weighted by Crippen LogP contribution is -2.27. The maximum Gasteiger partial charge on any atom is 0.269 e. The van der Waals surface area contributed by atoms with Crippen molar-refractivity contribution in [2.24, 2.45) is 0 Å². The van der Waals surface area contributed by atoms with Gasteiger partial charge in [0.2, 0.25) is 0 Å². The van der Waals surface area contributed by atoms with Crippen LogP contribution in [0, 0.1) is 10.1 Å². The molecule has 2 rings (SSSR count). The highest BCUT2D eigenvalue weighted by Crippen LogP contribution is 2.13. The zero-order valence-electron chi connectivity index (χ0n) is 10.8. The number of carbonyl (C=O) groups excluding carboxylic acids is 1. The number of hydrogen-bond acceptors (Lipinski definition) is 4. The van der Waals surface area contributed by atoms with E-state index in [0.29, 0.717) is 5.56 Å². The van der Waals surface area contributed by atoms with Crippen molar-refractivity contribution in [3.05, 3.63) is 70.0 Å². The molecule has 0 saturated carbocycles. The van der Waals surface area contributed by atoms with Gasteiger partial charge in [0.05, 0.1) is 16.7 Å². The maximum absolute atomic E-state index is 12.0. The number of rotatable bonds is 4. The third-order valence-corrected chi connectivity index (χ3v) is 2.82. The Bertz CT molecular complexity index is 611. The minimum Gasteiger partial charge on any atom is -0.344 e. The Hall–Kier alpha value is -2.76. The molecule has 0 aliphatic heterocycles. The van der Waals surface area contributed by atoms with Crippen LogP contribution in [-0.4, -0.2) is 15.8 Å². The van der Waals surface area contributed by atoms with Crippen molar-refractivity contribution in [2.75, 3.05) is 0 Å². The summed E-state index contributed by atoms with van der Waals surface area (Å²) in [5.74, 6) is -0.293. The molecule has 1 N–H and O–H groups in total. The molecule has 0 aliphatic rings. The first-order valence-electron chi connectivity index (χ1n) is 6.04. The van der Waals surface area contributed by atoms with Gasteiger partial charge in [-0.25, -0.2) is 0 Å². The molecular formula is C14H13N3O3. The van der Waals surface area contributed by atoms with E-state index in [4.69, 9.17) is 0 Å². The van der Waals surface area contributed by atoms with E-state index in [1.807, 2.05) is 19.1 Å². The van der Waals surface area contributed by atoms with Crippen LogP contribution in [-0.2, 0) is 0 Å². The number of amides is 1. The maximum atomic E-state index is 12.0. The second-order valence-corrected chi connectivity index (χ2v) is 4.25. The summed E-state index contributed by atoms with van der Waals surface area (Å²) in [6.45, 7) is 1.83. The number of benzene rings is 1. The average molecular weight is 271 g/mol. The van der Waals surface area contributed by atoms with E-state index in [1.54, 1.807) is 12.3 Å². The highest BCUT2D eigenvalue weighted by atomic mass is 16.6. The molecule has 1 aromatic heterocycles. The van der Waals surface area contributed by atoms with E-state index in [-0.39, 0.29) is 17.6 Å². The molecule has 6 heteroatoms. The molecule has 1 atom stereocenters. The van der Waals surface area contributed by atoms with Gasteiger partial charge < -0.3 is 5.32 Å². The first-order valence-corrected chi connectivity index (χ1v) is 6.04. The topological polar surface area (TPSA) is 85.1 Å². The zero-order valence-corrected chi connectivity index (χ0v) is 10.8. The average Bonchev–Trinajstić information content (AvgIpc) is 2.48. The Balaban J connectivity index is 2.06. The summed E-state index contributed by atoms with van der Waals surface area (Å²) in [6, 6.07) is 10.7. The molecule has 20 heavy (non-hydrogen) atoms. The van der Waals surface area contributed by atoms with Crippen LogP contribution in [0.5, 0.6) is 0 Å². The van der Waals surface area contributed by atoms with E-state index in [0.717, 1.165) is 5.69 Å². The van der Waals surface area contributed by atoms with Gasteiger partial charge in [-0.1, -0.05) is 6.07 Å². The lowest BCUT2D eigenvalue weighted by Gasteiger charge is -2.13. The van der Waals surface area contributed by atoms with Crippen LogP contribution in [0.2, 0.25) is 0 Å². The number of nitrogens with zero attached hydrogens (tertiary/aromatic N) is 2. The van der Waals surface area contributed by atoms with Crippen LogP contribution < -0.4 is 5.32 Å². The lowest BCUT2D eigenvalue weighted by atomic mass is 10.1. The number of non-ortho nitro benzene ring substituents is 1. The van der Waals surface area contributed by atoms with Crippen LogP contribution in [0.25, 0.3) is 0 Å². The molecule has 0 unspecified atom stereocenters. The Labute approximate surface area is 115 Å². The number of nitro benzene ring substituents is 1. The van der Waals surface area contributed by atoms with Gasteiger partial charge in [0.15, 0.2) is 0 Å². The van der Waals surface area contributed by atoms with Crippen molar-refractivity contribution in [3.63, 3.8) is 0 Å². The highest BCUT2D eigenvalue weighted by Gasteiger charge is 2.13. The Morgan fingerprint density at radius 2 is 1.95 bits per heavy atom. The molecule has 1 amide bonds. The molecule has 2 aromatic rings. The molecule has 0 saturated heterocycles. The van der Waals surface area contributed by atoms with Crippen LogP contribution in [0.3, 0.4) is 0 Å². The summed E-state index contributed by atoms with van der Waals surface area (Å²) in [4.78, 5) is 26.2. The summed E-state index contributed by atoms with van der Waals surface area (Å²) in [6.07, 6.45) is 1.66. The third-order valence-electron chi connectivity index (χ3n) is 2.82. The predicted octanol–water partition coefficient (Wildman–Crippen LogP) is 2.48. The van der Waals surface area contributed by atoms with Gasteiger partial charge >= 0.3 is 0 Å². The lowest BCUT2D eigenvalue weighted by molar-refractivity contribution is -0.384.